The van der Waals surface area contributed by atoms with Gasteiger partial charge in [0.15, 0.2) is 5.96 Å². The summed E-state index contributed by atoms with van der Waals surface area (Å²) in [5, 5.41) is 11.2. The Kier molecular flexibility index (Phi) is 11.8. The van der Waals surface area contributed by atoms with Crippen LogP contribution in [0.5, 0.6) is 5.75 Å². The van der Waals surface area contributed by atoms with Gasteiger partial charge in [0.25, 0.3) is 0 Å². The third-order valence-corrected chi connectivity index (χ3v) is 4.85. The lowest BCUT2D eigenvalue weighted by Gasteiger charge is -2.14. The summed E-state index contributed by atoms with van der Waals surface area (Å²) in [6, 6.07) is 6.21. The van der Waals surface area contributed by atoms with Crippen molar-refractivity contribution in [1.29, 1.82) is 0 Å². The highest BCUT2D eigenvalue weighted by molar-refractivity contribution is 14.0. The molecule has 2 rings (SSSR count). The van der Waals surface area contributed by atoms with E-state index in [4.69, 9.17) is 14.5 Å². The molecule has 0 radical (unpaired) electrons. The van der Waals surface area contributed by atoms with Crippen molar-refractivity contribution in [2.75, 3.05) is 33.4 Å². The third kappa shape index (κ3) is 7.79. The Morgan fingerprint density at radius 1 is 1.17 bits per heavy atom. The summed E-state index contributed by atoms with van der Waals surface area (Å²) in [5.41, 5.74) is 5.82. The van der Waals surface area contributed by atoms with Crippen molar-refractivity contribution in [2.45, 2.75) is 40.7 Å². The molecule has 168 valence electrons. The largest absolute Gasteiger partial charge is 0.491 e. The molecule has 0 saturated carbocycles. The lowest BCUT2D eigenvalue weighted by molar-refractivity contribution is 0.145. The highest BCUT2D eigenvalue weighted by Gasteiger charge is 2.09. The van der Waals surface area contributed by atoms with Crippen LogP contribution >= 0.6 is 24.0 Å². The predicted molar refractivity (Wildman–Crippen MR) is 133 cm³/mol. The molecular weight excluding hydrogens is 493 g/mol. The average molecular weight is 529 g/mol. The van der Waals surface area contributed by atoms with Crippen molar-refractivity contribution >= 4 is 29.9 Å². The number of methoxy groups -OCH3 is 1. The van der Waals surface area contributed by atoms with Gasteiger partial charge >= 0.3 is 0 Å². The zero-order valence-electron chi connectivity index (χ0n) is 19.0. The van der Waals surface area contributed by atoms with Crippen LogP contribution in [0.15, 0.2) is 23.2 Å². The maximum Gasteiger partial charge on any atom is 0.191 e. The van der Waals surface area contributed by atoms with Crippen LogP contribution in [0, 0.1) is 20.8 Å². The SMILES string of the molecule is CCNC(=NCc1ccc(C)cc1OCCOC)NCCc1c(C)nn(C)c1C.I. The van der Waals surface area contributed by atoms with E-state index in [0.29, 0.717) is 19.8 Å². The van der Waals surface area contributed by atoms with E-state index < -0.39 is 0 Å². The Morgan fingerprint density at radius 3 is 2.57 bits per heavy atom. The molecule has 0 spiro atoms. The maximum atomic E-state index is 5.87. The van der Waals surface area contributed by atoms with Crippen molar-refractivity contribution in [3.05, 3.63) is 46.3 Å². The first-order chi connectivity index (χ1) is 14.0. The molecule has 8 heteroatoms. The van der Waals surface area contributed by atoms with Gasteiger partial charge in [0.2, 0.25) is 0 Å². The fourth-order valence-electron chi connectivity index (χ4n) is 3.15. The Bertz CT molecular complexity index is 820. The zero-order valence-corrected chi connectivity index (χ0v) is 21.4. The third-order valence-electron chi connectivity index (χ3n) is 4.85. The average Bonchev–Trinajstić information content (AvgIpc) is 2.93. The molecule has 0 aliphatic heterocycles. The van der Waals surface area contributed by atoms with E-state index in [1.807, 2.05) is 11.7 Å². The first-order valence-corrected chi connectivity index (χ1v) is 10.2. The number of rotatable bonds is 10. The number of aryl methyl sites for hydroxylation is 3. The number of hydrogen-bond donors (Lipinski definition) is 2. The summed E-state index contributed by atoms with van der Waals surface area (Å²) < 4.78 is 12.9. The molecule has 30 heavy (non-hydrogen) atoms. The van der Waals surface area contributed by atoms with Gasteiger partial charge in [0, 0.05) is 38.5 Å². The molecule has 0 saturated heterocycles. The second kappa shape index (κ2) is 13.5. The van der Waals surface area contributed by atoms with E-state index in [1.165, 1.54) is 11.3 Å². The van der Waals surface area contributed by atoms with Gasteiger partial charge in [-0.15, -0.1) is 24.0 Å². The van der Waals surface area contributed by atoms with Crippen molar-refractivity contribution in [1.82, 2.24) is 20.4 Å². The fourth-order valence-corrected chi connectivity index (χ4v) is 3.15. The summed E-state index contributed by atoms with van der Waals surface area (Å²) in [6.45, 7) is 11.5. The number of nitrogens with zero attached hydrogens (tertiary/aromatic N) is 3. The number of hydrogen-bond acceptors (Lipinski definition) is 4. The van der Waals surface area contributed by atoms with Gasteiger partial charge in [-0.1, -0.05) is 12.1 Å². The molecule has 0 bridgehead atoms. The van der Waals surface area contributed by atoms with Crippen molar-refractivity contribution in [3.63, 3.8) is 0 Å². The smallest absolute Gasteiger partial charge is 0.191 e. The molecule has 0 unspecified atom stereocenters. The minimum atomic E-state index is 0. The standard InChI is InChI=1S/C22H35N5O2.HI/c1-7-23-22(24-11-10-20-17(3)26-27(5)18(20)4)25-15-19-9-8-16(2)14-21(19)29-13-12-28-6;/h8-9,14H,7,10-13,15H2,1-6H3,(H2,23,24,25);1H. The summed E-state index contributed by atoms with van der Waals surface area (Å²) in [7, 11) is 3.66. The zero-order chi connectivity index (χ0) is 21.2. The molecule has 0 amide bonds. The maximum absolute atomic E-state index is 5.87. The number of benzene rings is 1. The van der Waals surface area contributed by atoms with Crippen LogP contribution in [0.4, 0.5) is 0 Å². The summed E-state index contributed by atoms with van der Waals surface area (Å²) in [4.78, 5) is 4.75. The second-order valence-electron chi connectivity index (χ2n) is 7.10. The molecule has 0 fully saturated rings. The Morgan fingerprint density at radius 2 is 1.93 bits per heavy atom. The Balaban J connectivity index is 0.00000450. The van der Waals surface area contributed by atoms with E-state index in [0.717, 1.165) is 48.0 Å². The number of aliphatic imine (C=N–C) groups is 1. The molecule has 1 aromatic heterocycles. The molecule has 0 atom stereocenters. The van der Waals surface area contributed by atoms with Crippen LogP contribution in [0.2, 0.25) is 0 Å². The van der Waals surface area contributed by atoms with Crippen LogP contribution < -0.4 is 15.4 Å². The van der Waals surface area contributed by atoms with Crippen molar-refractivity contribution < 1.29 is 9.47 Å². The van der Waals surface area contributed by atoms with Crippen molar-refractivity contribution in [2.24, 2.45) is 12.0 Å². The molecule has 2 N–H and O–H groups in total. The minimum absolute atomic E-state index is 0. The van der Waals surface area contributed by atoms with Crippen LogP contribution in [-0.4, -0.2) is 49.2 Å². The number of halogens is 1. The van der Waals surface area contributed by atoms with E-state index in [1.54, 1.807) is 7.11 Å². The molecule has 0 aliphatic rings. The van der Waals surface area contributed by atoms with Gasteiger partial charge in [-0.2, -0.15) is 5.10 Å². The van der Waals surface area contributed by atoms with Crippen LogP contribution in [0.3, 0.4) is 0 Å². The van der Waals surface area contributed by atoms with Gasteiger partial charge in [-0.05, 0) is 51.3 Å². The predicted octanol–water partition coefficient (Wildman–Crippen LogP) is 3.29. The normalized spacial score (nSPS) is 11.2. The monoisotopic (exact) mass is 529 g/mol. The van der Waals surface area contributed by atoms with Gasteiger partial charge < -0.3 is 20.1 Å². The highest BCUT2D eigenvalue weighted by atomic mass is 127. The van der Waals surface area contributed by atoms with Crippen LogP contribution in [-0.2, 0) is 24.8 Å². The first kappa shape index (κ1) is 26.2. The number of aromatic nitrogens is 2. The lowest BCUT2D eigenvalue weighted by atomic mass is 10.1. The minimum Gasteiger partial charge on any atom is -0.491 e. The number of nitrogens with one attached hydrogen (secondary N) is 2. The van der Waals surface area contributed by atoms with Crippen LogP contribution in [0.1, 0.15) is 35.0 Å². The molecule has 1 aromatic carbocycles. The van der Waals surface area contributed by atoms with Gasteiger partial charge in [0.05, 0.1) is 18.8 Å². The van der Waals surface area contributed by atoms with Gasteiger partial charge in [-0.3, -0.25) is 4.68 Å². The fraction of sp³-hybridized carbons (Fsp3) is 0.545. The van der Waals surface area contributed by atoms with Crippen LogP contribution in [0.25, 0.3) is 0 Å². The molecule has 1 heterocycles. The van der Waals surface area contributed by atoms with Crippen molar-refractivity contribution in [3.8, 4) is 5.75 Å². The number of ether oxygens (including phenoxy) is 2. The Hall–Kier alpha value is -1.81. The summed E-state index contributed by atoms with van der Waals surface area (Å²) >= 11 is 0. The Labute approximate surface area is 197 Å². The molecule has 7 nitrogen and oxygen atoms in total. The van der Waals surface area contributed by atoms with E-state index in [9.17, 15) is 0 Å². The van der Waals surface area contributed by atoms with E-state index >= 15 is 0 Å². The van der Waals surface area contributed by atoms with Gasteiger partial charge in [-0.25, -0.2) is 4.99 Å². The van der Waals surface area contributed by atoms with E-state index in [-0.39, 0.29) is 24.0 Å². The molecule has 0 aliphatic carbocycles. The lowest BCUT2D eigenvalue weighted by Crippen LogP contribution is -2.38. The molecular formula is C22H36IN5O2. The second-order valence-corrected chi connectivity index (χ2v) is 7.10. The quantitative estimate of drug-likeness (QED) is 0.214. The topological polar surface area (TPSA) is 72.7 Å². The first-order valence-electron chi connectivity index (χ1n) is 10.2. The summed E-state index contributed by atoms with van der Waals surface area (Å²) in [5.74, 6) is 1.67. The number of guanidine groups is 1. The summed E-state index contributed by atoms with van der Waals surface area (Å²) in [6.07, 6.45) is 0.909. The van der Waals surface area contributed by atoms with E-state index in [2.05, 4.69) is 61.6 Å². The highest BCUT2D eigenvalue weighted by Crippen LogP contribution is 2.21. The molecule has 2 aromatic rings. The van der Waals surface area contributed by atoms with Gasteiger partial charge in [0.1, 0.15) is 12.4 Å².